The molecule has 6 N–H and O–H groups in total. The normalized spacial score (nSPS) is 11.6. The van der Waals surface area contributed by atoms with E-state index >= 15 is 0 Å². The second kappa shape index (κ2) is 8.57. The SMILES string of the molecule is NC(=O)CC(NC(=O)c1cn[nH]c1-c1ccccc1C(N)=O)c1cccc(Cl)c1. The van der Waals surface area contributed by atoms with Gasteiger partial charge in [-0.3, -0.25) is 19.5 Å². The molecule has 3 amide bonds. The Kier molecular flexibility index (Phi) is 5.94. The van der Waals surface area contributed by atoms with Crippen LogP contribution < -0.4 is 16.8 Å². The largest absolute Gasteiger partial charge is 0.370 e. The van der Waals surface area contributed by atoms with Crippen molar-refractivity contribution in [3.63, 3.8) is 0 Å². The second-order valence-corrected chi connectivity index (χ2v) is 6.76. The van der Waals surface area contributed by atoms with Crippen molar-refractivity contribution in [3.8, 4) is 11.3 Å². The molecular weight excluding hydrogens is 394 g/mol. The number of rotatable bonds is 7. The first-order chi connectivity index (χ1) is 13.9. The predicted octanol–water partition coefficient (Wildman–Crippen LogP) is 2.18. The lowest BCUT2D eigenvalue weighted by Gasteiger charge is -2.18. The second-order valence-electron chi connectivity index (χ2n) is 6.32. The van der Waals surface area contributed by atoms with E-state index in [1.54, 1.807) is 48.5 Å². The molecule has 8 nitrogen and oxygen atoms in total. The summed E-state index contributed by atoms with van der Waals surface area (Å²) in [6, 6.07) is 12.7. The van der Waals surface area contributed by atoms with Gasteiger partial charge in [0.2, 0.25) is 11.8 Å². The van der Waals surface area contributed by atoms with Crippen molar-refractivity contribution in [1.82, 2.24) is 15.5 Å². The number of nitrogens with two attached hydrogens (primary N) is 2. The third-order valence-corrected chi connectivity index (χ3v) is 4.54. The van der Waals surface area contributed by atoms with E-state index in [0.29, 0.717) is 21.8 Å². The zero-order chi connectivity index (χ0) is 21.0. The number of aromatic nitrogens is 2. The van der Waals surface area contributed by atoms with Crippen molar-refractivity contribution in [3.05, 3.63) is 76.4 Å². The molecule has 3 aromatic rings. The van der Waals surface area contributed by atoms with Gasteiger partial charge in [0, 0.05) is 16.1 Å². The molecule has 0 aliphatic heterocycles. The Bertz CT molecular complexity index is 1080. The average molecular weight is 412 g/mol. The monoisotopic (exact) mass is 411 g/mol. The van der Waals surface area contributed by atoms with Crippen molar-refractivity contribution in [2.24, 2.45) is 11.5 Å². The van der Waals surface area contributed by atoms with E-state index in [0.717, 1.165) is 0 Å². The van der Waals surface area contributed by atoms with Gasteiger partial charge in [0.25, 0.3) is 5.91 Å². The van der Waals surface area contributed by atoms with Gasteiger partial charge in [-0.25, -0.2) is 0 Å². The molecule has 0 aliphatic carbocycles. The van der Waals surface area contributed by atoms with Crippen LogP contribution in [0.3, 0.4) is 0 Å². The van der Waals surface area contributed by atoms with Gasteiger partial charge < -0.3 is 16.8 Å². The Morgan fingerprint density at radius 1 is 1.07 bits per heavy atom. The summed E-state index contributed by atoms with van der Waals surface area (Å²) >= 11 is 6.03. The van der Waals surface area contributed by atoms with Gasteiger partial charge >= 0.3 is 0 Å². The van der Waals surface area contributed by atoms with Gasteiger partial charge in [-0.2, -0.15) is 5.10 Å². The lowest BCUT2D eigenvalue weighted by atomic mass is 9.99. The topological polar surface area (TPSA) is 144 Å². The van der Waals surface area contributed by atoms with Crippen molar-refractivity contribution < 1.29 is 14.4 Å². The number of aromatic amines is 1. The fourth-order valence-electron chi connectivity index (χ4n) is 2.99. The molecule has 2 aromatic carbocycles. The molecule has 0 radical (unpaired) electrons. The highest BCUT2D eigenvalue weighted by Gasteiger charge is 2.23. The summed E-state index contributed by atoms with van der Waals surface area (Å²) in [4.78, 5) is 36.2. The number of amides is 3. The zero-order valence-electron chi connectivity index (χ0n) is 15.2. The van der Waals surface area contributed by atoms with Gasteiger partial charge in [-0.1, -0.05) is 41.9 Å². The summed E-state index contributed by atoms with van der Waals surface area (Å²) in [5, 5.41) is 9.90. The van der Waals surface area contributed by atoms with Crippen LogP contribution in [-0.4, -0.2) is 27.9 Å². The number of hydrogen-bond donors (Lipinski definition) is 4. The number of nitrogens with one attached hydrogen (secondary N) is 2. The molecule has 0 fully saturated rings. The quantitative estimate of drug-likeness (QED) is 0.472. The maximum absolute atomic E-state index is 13.0. The molecule has 1 aromatic heterocycles. The van der Waals surface area contributed by atoms with E-state index in [2.05, 4.69) is 15.5 Å². The lowest BCUT2D eigenvalue weighted by molar-refractivity contribution is -0.118. The molecular formula is C20H18ClN5O3. The first-order valence-corrected chi connectivity index (χ1v) is 9.02. The molecule has 0 saturated heterocycles. The standard InChI is InChI=1S/C20H18ClN5O3/c21-12-5-3-4-11(8-12)16(9-17(22)27)25-20(29)15-10-24-26-18(15)13-6-1-2-7-14(13)19(23)28/h1-8,10,16H,9H2,(H2,22,27)(H2,23,28)(H,24,26)(H,25,29). The summed E-state index contributed by atoms with van der Waals surface area (Å²) in [5.74, 6) is -1.71. The third kappa shape index (κ3) is 4.61. The molecule has 9 heteroatoms. The van der Waals surface area contributed by atoms with Gasteiger partial charge in [0.1, 0.15) is 0 Å². The van der Waals surface area contributed by atoms with Crippen LogP contribution >= 0.6 is 11.6 Å². The minimum Gasteiger partial charge on any atom is -0.370 e. The number of nitrogens with zero attached hydrogens (tertiary/aromatic N) is 1. The van der Waals surface area contributed by atoms with Crippen LogP contribution in [0.15, 0.2) is 54.7 Å². The highest BCUT2D eigenvalue weighted by molar-refractivity contribution is 6.30. The summed E-state index contributed by atoms with van der Waals surface area (Å²) in [7, 11) is 0. The van der Waals surface area contributed by atoms with Crippen LogP contribution in [0, 0.1) is 0 Å². The van der Waals surface area contributed by atoms with E-state index in [-0.39, 0.29) is 17.5 Å². The van der Waals surface area contributed by atoms with Crippen LogP contribution in [0.5, 0.6) is 0 Å². The lowest BCUT2D eigenvalue weighted by Crippen LogP contribution is -2.32. The first kappa shape index (κ1) is 20.1. The van der Waals surface area contributed by atoms with Crippen molar-refractivity contribution in [1.29, 1.82) is 0 Å². The van der Waals surface area contributed by atoms with E-state index in [1.165, 1.54) is 6.20 Å². The smallest absolute Gasteiger partial charge is 0.255 e. The molecule has 3 rings (SSSR count). The third-order valence-electron chi connectivity index (χ3n) is 4.31. The average Bonchev–Trinajstić information content (AvgIpc) is 3.17. The van der Waals surface area contributed by atoms with Gasteiger partial charge in [0.05, 0.1) is 29.9 Å². The highest BCUT2D eigenvalue weighted by Crippen LogP contribution is 2.26. The number of H-pyrrole nitrogens is 1. The van der Waals surface area contributed by atoms with E-state index in [1.807, 2.05) is 0 Å². The minimum atomic E-state index is -0.687. The number of halogens is 1. The van der Waals surface area contributed by atoms with Crippen LogP contribution in [0.2, 0.25) is 5.02 Å². The number of benzene rings is 2. The molecule has 1 heterocycles. The van der Waals surface area contributed by atoms with Crippen molar-refractivity contribution >= 4 is 29.3 Å². The van der Waals surface area contributed by atoms with E-state index < -0.39 is 23.8 Å². The Morgan fingerprint density at radius 2 is 1.83 bits per heavy atom. The summed E-state index contributed by atoms with van der Waals surface area (Å²) in [6.45, 7) is 0. The van der Waals surface area contributed by atoms with Gasteiger partial charge in [-0.15, -0.1) is 0 Å². The fourth-order valence-corrected chi connectivity index (χ4v) is 3.19. The molecule has 0 aliphatic rings. The Labute approximate surface area is 171 Å². The maximum Gasteiger partial charge on any atom is 0.255 e. The van der Waals surface area contributed by atoms with E-state index in [9.17, 15) is 14.4 Å². The molecule has 29 heavy (non-hydrogen) atoms. The first-order valence-electron chi connectivity index (χ1n) is 8.64. The summed E-state index contributed by atoms with van der Waals surface area (Å²) in [6.07, 6.45) is 1.22. The van der Waals surface area contributed by atoms with Crippen molar-refractivity contribution in [2.75, 3.05) is 0 Å². The molecule has 148 valence electrons. The van der Waals surface area contributed by atoms with Crippen LogP contribution in [0.4, 0.5) is 0 Å². The number of hydrogen-bond acceptors (Lipinski definition) is 4. The highest BCUT2D eigenvalue weighted by atomic mass is 35.5. The molecule has 0 bridgehead atoms. The summed E-state index contributed by atoms with van der Waals surface area (Å²) in [5.41, 5.74) is 12.6. The number of carbonyl (C=O) groups excluding carboxylic acids is 3. The molecule has 1 atom stereocenters. The molecule has 1 unspecified atom stereocenters. The fraction of sp³-hybridized carbons (Fsp3) is 0.100. The van der Waals surface area contributed by atoms with Gasteiger partial charge in [-0.05, 0) is 23.8 Å². The van der Waals surface area contributed by atoms with Gasteiger partial charge in [0.15, 0.2) is 0 Å². The van der Waals surface area contributed by atoms with Crippen LogP contribution in [0.25, 0.3) is 11.3 Å². The Morgan fingerprint density at radius 3 is 2.52 bits per heavy atom. The zero-order valence-corrected chi connectivity index (χ0v) is 15.9. The predicted molar refractivity (Wildman–Crippen MR) is 108 cm³/mol. The van der Waals surface area contributed by atoms with Crippen LogP contribution in [0.1, 0.15) is 38.7 Å². The number of carbonyl (C=O) groups is 3. The molecule has 0 saturated carbocycles. The van der Waals surface area contributed by atoms with Crippen molar-refractivity contribution in [2.45, 2.75) is 12.5 Å². The number of primary amides is 2. The minimum absolute atomic E-state index is 0.114. The maximum atomic E-state index is 13.0. The van der Waals surface area contributed by atoms with E-state index in [4.69, 9.17) is 23.1 Å². The summed E-state index contributed by atoms with van der Waals surface area (Å²) < 4.78 is 0. The van der Waals surface area contributed by atoms with Crippen LogP contribution in [-0.2, 0) is 4.79 Å². The Hall–Kier alpha value is -3.65. The molecule has 0 spiro atoms. The Balaban J connectivity index is 1.94.